The van der Waals surface area contributed by atoms with Crippen LogP contribution in [0.5, 0.6) is 0 Å². The minimum absolute atomic E-state index is 0.301. The molecule has 0 aliphatic heterocycles. The van der Waals surface area contributed by atoms with E-state index in [0.29, 0.717) is 5.56 Å². The zero-order chi connectivity index (χ0) is 14.0. The van der Waals surface area contributed by atoms with Gasteiger partial charge >= 0.3 is 0 Å². The summed E-state index contributed by atoms with van der Waals surface area (Å²) in [6.07, 6.45) is 0.825. The minimum Gasteiger partial charge on any atom is -0.271 e. The van der Waals surface area contributed by atoms with Gasteiger partial charge in [-0.3, -0.25) is 10.5 Å². The van der Waals surface area contributed by atoms with Crippen LogP contribution in [0.2, 0.25) is 0 Å². The van der Waals surface area contributed by atoms with Gasteiger partial charge in [0.1, 0.15) is 5.82 Å². The summed E-state index contributed by atoms with van der Waals surface area (Å²) in [6, 6.07) is 6.30. The second kappa shape index (κ2) is 5.81. The van der Waals surface area contributed by atoms with Crippen LogP contribution in [0.3, 0.4) is 0 Å². The van der Waals surface area contributed by atoms with Crippen LogP contribution in [-0.2, 0) is 13.5 Å². The molecule has 0 amide bonds. The highest BCUT2D eigenvalue weighted by atomic mass is 79.9. The lowest BCUT2D eigenvalue weighted by Gasteiger charge is -2.17. The van der Waals surface area contributed by atoms with Gasteiger partial charge in [0, 0.05) is 17.1 Å². The van der Waals surface area contributed by atoms with Gasteiger partial charge in [0.15, 0.2) is 0 Å². The first kappa shape index (κ1) is 14.2. The Balaban J connectivity index is 2.49. The van der Waals surface area contributed by atoms with E-state index in [1.807, 2.05) is 20.0 Å². The summed E-state index contributed by atoms with van der Waals surface area (Å²) in [4.78, 5) is 0. The molecule has 102 valence electrons. The highest BCUT2D eigenvalue weighted by Gasteiger charge is 2.20. The van der Waals surface area contributed by atoms with Gasteiger partial charge in [-0.1, -0.05) is 22.9 Å². The van der Waals surface area contributed by atoms with Crippen molar-refractivity contribution in [3.63, 3.8) is 0 Å². The normalized spacial score (nSPS) is 12.7. The highest BCUT2D eigenvalue weighted by Crippen LogP contribution is 2.26. The maximum Gasteiger partial charge on any atom is 0.128 e. The Bertz CT molecular complexity index is 582. The number of hydrogen-bond donors (Lipinski definition) is 2. The highest BCUT2D eigenvalue weighted by molar-refractivity contribution is 9.10. The molecular weight excluding hydrogens is 311 g/mol. The Kier molecular flexibility index (Phi) is 4.34. The van der Waals surface area contributed by atoms with Crippen molar-refractivity contribution in [3.05, 3.63) is 51.5 Å². The van der Waals surface area contributed by atoms with E-state index in [0.717, 1.165) is 22.3 Å². The Labute approximate surface area is 119 Å². The monoisotopic (exact) mass is 326 g/mol. The van der Waals surface area contributed by atoms with E-state index in [4.69, 9.17) is 5.84 Å². The Hall–Kier alpha value is -1.24. The minimum atomic E-state index is -0.435. The van der Waals surface area contributed by atoms with E-state index in [1.54, 1.807) is 16.8 Å². The van der Waals surface area contributed by atoms with Crippen LogP contribution in [0.25, 0.3) is 0 Å². The van der Waals surface area contributed by atoms with Gasteiger partial charge in [-0.2, -0.15) is 5.10 Å². The van der Waals surface area contributed by atoms with Crippen molar-refractivity contribution >= 4 is 15.9 Å². The Morgan fingerprint density at radius 3 is 2.79 bits per heavy atom. The van der Waals surface area contributed by atoms with Crippen LogP contribution < -0.4 is 11.3 Å². The molecule has 1 aromatic carbocycles. The number of halogens is 2. The summed E-state index contributed by atoms with van der Waals surface area (Å²) >= 11 is 3.35. The molecule has 0 aliphatic carbocycles. The molecule has 19 heavy (non-hydrogen) atoms. The molecule has 0 saturated heterocycles. The molecule has 4 nitrogen and oxygen atoms in total. The molecular formula is C13H16BrFN4. The standard InChI is InChI=1S/C13H16BrFN4/c1-3-9-7-12(19(2)18-9)13(17-16)10-6-8(14)4-5-11(10)15/h4-7,13,17H,3,16H2,1-2H3. The summed E-state index contributed by atoms with van der Waals surface area (Å²) in [7, 11) is 1.83. The van der Waals surface area contributed by atoms with Gasteiger partial charge in [0.05, 0.1) is 17.4 Å². The zero-order valence-electron chi connectivity index (χ0n) is 10.8. The fourth-order valence-electron chi connectivity index (χ4n) is 2.06. The van der Waals surface area contributed by atoms with Gasteiger partial charge in [0.25, 0.3) is 0 Å². The summed E-state index contributed by atoms with van der Waals surface area (Å²) in [5, 5.41) is 4.36. The van der Waals surface area contributed by atoms with Crippen LogP contribution in [0.15, 0.2) is 28.7 Å². The molecule has 1 aromatic heterocycles. The van der Waals surface area contributed by atoms with Crippen molar-refractivity contribution in [3.8, 4) is 0 Å². The molecule has 0 aliphatic rings. The predicted octanol–water partition coefficient (Wildman–Crippen LogP) is 2.44. The second-order valence-electron chi connectivity index (χ2n) is 4.30. The van der Waals surface area contributed by atoms with Gasteiger partial charge in [-0.25, -0.2) is 9.82 Å². The predicted molar refractivity (Wildman–Crippen MR) is 75.9 cm³/mol. The van der Waals surface area contributed by atoms with E-state index in [2.05, 4.69) is 26.5 Å². The lowest BCUT2D eigenvalue weighted by Crippen LogP contribution is -2.31. The van der Waals surface area contributed by atoms with Crippen LogP contribution in [0.4, 0.5) is 4.39 Å². The summed E-state index contributed by atoms with van der Waals surface area (Å²) in [5.74, 6) is 5.30. The Morgan fingerprint density at radius 1 is 1.47 bits per heavy atom. The van der Waals surface area contributed by atoms with E-state index in [1.165, 1.54) is 6.07 Å². The van der Waals surface area contributed by atoms with Gasteiger partial charge in [-0.15, -0.1) is 0 Å². The molecule has 6 heteroatoms. The number of rotatable bonds is 4. The third kappa shape index (κ3) is 2.86. The fraction of sp³-hybridized carbons (Fsp3) is 0.308. The molecule has 0 bridgehead atoms. The maximum absolute atomic E-state index is 14.0. The fourth-order valence-corrected chi connectivity index (χ4v) is 2.44. The van der Waals surface area contributed by atoms with Crippen LogP contribution in [0.1, 0.15) is 29.9 Å². The number of aryl methyl sites for hydroxylation is 2. The number of benzene rings is 1. The average molecular weight is 327 g/mol. The summed E-state index contributed by atoms with van der Waals surface area (Å²) < 4.78 is 16.5. The quantitative estimate of drug-likeness (QED) is 0.670. The molecule has 2 rings (SSSR count). The lowest BCUT2D eigenvalue weighted by molar-refractivity contribution is 0.532. The third-order valence-electron chi connectivity index (χ3n) is 3.06. The molecule has 0 radical (unpaired) electrons. The molecule has 0 fully saturated rings. The number of nitrogens with two attached hydrogens (primary N) is 1. The molecule has 1 unspecified atom stereocenters. The largest absolute Gasteiger partial charge is 0.271 e. The van der Waals surface area contributed by atoms with E-state index in [9.17, 15) is 4.39 Å². The Morgan fingerprint density at radius 2 is 2.21 bits per heavy atom. The topological polar surface area (TPSA) is 55.9 Å². The van der Waals surface area contributed by atoms with Crippen molar-refractivity contribution in [1.82, 2.24) is 15.2 Å². The molecule has 2 aromatic rings. The van der Waals surface area contributed by atoms with Crippen LogP contribution in [0, 0.1) is 5.82 Å². The van der Waals surface area contributed by atoms with Crippen molar-refractivity contribution in [2.24, 2.45) is 12.9 Å². The zero-order valence-corrected chi connectivity index (χ0v) is 12.4. The number of nitrogens with zero attached hydrogens (tertiary/aromatic N) is 2. The van der Waals surface area contributed by atoms with Crippen molar-refractivity contribution in [2.45, 2.75) is 19.4 Å². The molecule has 3 N–H and O–H groups in total. The number of nitrogens with one attached hydrogen (secondary N) is 1. The smallest absolute Gasteiger partial charge is 0.128 e. The van der Waals surface area contributed by atoms with E-state index < -0.39 is 6.04 Å². The number of aromatic nitrogens is 2. The number of hydrogen-bond acceptors (Lipinski definition) is 3. The average Bonchev–Trinajstić information content (AvgIpc) is 2.76. The van der Waals surface area contributed by atoms with E-state index in [-0.39, 0.29) is 5.82 Å². The van der Waals surface area contributed by atoms with Gasteiger partial charge < -0.3 is 0 Å². The first-order valence-corrected chi connectivity index (χ1v) is 6.80. The molecule has 0 saturated carbocycles. The first-order valence-electron chi connectivity index (χ1n) is 6.00. The number of hydrazine groups is 1. The van der Waals surface area contributed by atoms with Crippen molar-refractivity contribution in [2.75, 3.05) is 0 Å². The lowest BCUT2D eigenvalue weighted by atomic mass is 10.0. The summed E-state index contributed by atoms with van der Waals surface area (Å²) in [6.45, 7) is 2.02. The van der Waals surface area contributed by atoms with Crippen molar-refractivity contribution < 1.29 is 4.39 Å². The second-order valence-corrected chi connectivity index (χ2v) is 5.22. The molecule has 1 heterocycles. The molecule has 1 atom stereocenters. The first-order chi connectivity index (χ1) is 9.06. The summed E-state index contributed by atoms with van der Waals surface area (Å²) in [5.41, 5.74) is 4.93. The van der Waals surface area contributed by atoms with Gasteiger partial charge in [-0.05, 0) is 30.7 Å². The molecule has 0 spiro atoms. The van der Waals surface area contributed by atoms with Crippen molar-refractivity contribution in [1.29, 1.82) is 0 Å². The van der Waals surface area contributed by atoms with E-state index >= 15 is 0 Å². The third-order valence-corrected chi connectivity index (χ3v) is 3.55. The van der Waals surface area contributed by atoms with Crippen LogP contribution in [-0.4, -0.2) is 9.78 Å². The van der Waals surface area contributed by atoms with Gasteiger partial charge in [0.2, 0.25) is 0 Å². The maximum atomic E-state index is 14.0. The van der Waals surface area contributed by atoms with Crippen LogP contribution >= 0.6 is 15.9 Å². The SMILES string of the molecule is CCc1cc(C(NN)c2cc(Br)ccc2F)n(C)n1.